The molecule has 1 aromatic carbocycles. The number of rotatable bonds is 8. The Morgan fingerprint density at radius 3 is 2.46 bits per heavy atom. The lowest BCUT2D eigenvalue weighted by molar-refractivity contribution is 0.411. The average Bonchev–Trinajstić information content (AvgIpc) is 2.65. The molecule has 0 amide bonds. The van der Waals surface area contributed by atoms with Gasteiger partial charge in [0.2, 0.25) is 5.43 Å². The van der Waals surface area contributed by atoms with Crippen LogP contribution >= 0.6 is 11.3 Å². The Bertz CT molecular complexity index is 898. The van der Waals surface area contributed by atoms with Gasteiger partial charge in [-0.1, -0.05) is 26.7 Å². The Labute approximate surface area is 158 Å². The highest BCUT2D eigenvalue weighted by Crippen LogP contribution is 2.33. The Balaban J connectivity index is 2.02. The zero-order valence-electron chi connectivity index (χ0n) is 15.7. The van der Waals surface area contributed by atoms with Crippen LogP contribution < -0.4 is 15.1 Å². The largest absolute Gasteiger partial charge is 0.493 e. The monoisotopic (exact) mass is 370 g/mol. The predicted molar refractivity (Wildman–Crippen MR) is 111 cm³/mol. The summed E-state index contributed by atoms with van der Waals surface area (Å²) in [5, 5.41) is 0. The lowest BCUT2D eigenvalue weighted by Gasteiger charge is -2.25. The second-order valence-corrected chi connectivity index (χ2v) is 7.61. The molecule has 1 heterocycles. The van der Waals surface area contributed by atoms with E-state index in [1.54, 1.807) is 23.5 Å². The summed E-state index contributed by atoms with van der Waals surface area (Å²) in [4.78, 5) is 20.1. The molecule has 3 rings (SSSR count). The third kappa shape index (κ3) is 3.98. The Hall–Kier alpha value is -2.14. The summed E-state index contributed by atoms with van der Waals surface area (Å²) >= 11 is 1.62. The molecule has 1 aliphatic heterocycles. The van der Waals surface area contributed by atoms with Gasteiger partial charge in [-0.15, -0.1) is 11.3 Å². The fraction of sp³-hybridized carbons (Fsp3) is 0.429. The van der Waals surface area contributed by atoms with Crippen LogP contribution in [0.25, 0.3) is 20.8 Å². The summed E-state index contributed by atoms with van der Waals surface area (Å²) in [7, 11) is 1.51. The van der Waals surface area contributed by atoms with Gasteiger partial charge in [0.05, 0.1) is 27.9 Å². The normalized spacial score (nSPS) is 11.2. The van der Waals surface area contributed by atoms with E-state index >= 15 is 0 Å². The van der Waals surface area contributed by atoms with Gasteiger partial charge in [0, 0.05) is 30.9 Å². The maximum atomic E-state index is 12.1. The first kappa shape index (κ1) is 18.6. The highest BCUT2D eigenvalue weighted by atomic mass is 32.1. The molecule has 0 saturated heterocycles. The molecule has 0 bridgehead atoms. The summed E-state index contributed by atoms with van der Waals surface area (Å²) in [6.45, 7) is 6.61. The second-order valence-electron chi connectivity index (χ2n) is 6.53. The van der Waals surface area contributed by atoms with Crippen molar-refractivity contribution in [3.63, 3.8) is 0 Å². The van der Waals surface area contributed by atoms with E-state index in [9.17, 15) is 4.79 Å². The lowest BCUT2D eigenvalue weighted by atomic mass is 10.2. The minimum atomic E-state index is -0.0962. The standard InChI is InChI=1S/C21H26N2O2S/c1-4-6-10-23(11-7-5-2)15-8-9-16-20(12-15)26-21-14-18(24)19(25-3)13-17(21)22-16/h8-9,12-14H,4-7,10-11H2,1-3H3. The van der Waals surface area contributed by atoms with Crippen LogP contribution in [-0.2, 0) is 0 Å². The Morgan fingerprint density at radius 2 is 1.81 bits per heavy atom. The van der Waals surface area contributed by atoms with Crippen molar-refractivity contribution in [1.29, 1.82) is 0 Å². The molecule has 0 fully saturated rings. The van der Waals surface area contributed by atoms with Gasteiger partial charge in [0.1, 0.15) is 0 Å². The lowest BCUT2D eigenvalue weighted by Crippen LogP contribution is -2.25. The van der Waals surface area contributed by atoms with E-state index in [2.05, 4.69) is 36.9 Å². The molecule has 26 heavy (non-hydrogen) atoms. The average molecular weight is 371 g/mol. The van der Waals surface area contributed by atoms with E-state index in [1.807, 2.05) is 0 Å². The van der Waals surface area contributed by atoms with Crippen LogP contribution in [0, 0.1) is 0 Å². The van der Waals surface area contributed by atoms with Crippen molar-refractivity contribution in [3.8, 4) is 16.3 Å². The third-order valence-corrected chi connectivity index (χ3v) is 5.67. The van der Waals surface area contributed by atoms with Gasteiger partial charge in [0.25, 0.3) is 0 Å². The van der Waals surface area contributed by atoms with Crippen molar-refractivity contribution in [2.75, 3.05) is 25.1 Å². The number of nitrogens with zero attached hydrogens (tertiary/aromatic N) is 2. The molecular formula is C21H26N2O2S. The first-order valence-corrected chi connectivity index (χ1v) is 10.2. The highest BCUT2D eigenvalue weighted by molar-refractivity contribution is 7.21. The van der Waals surface area contributed by atoms with E-state index in [0.717, 1.165) is 33.9 Å². The highest BCUT2D eigenvalue weighted by Gasteiger charge is 2.13. The predicted octanol–water partition coefficient (Wildman–Crippen LogP) is 5.18. The van der Waals surface area contributed by atoms with Crippen molar-refractivity contribution in [2.24, 2.45) is 0 Å². The molecule has 138 valence electrons. The molecule has 2 aliphatic rings. The number of benzene rings is 2. The molecule has 0 saturated carbocycles. The number of methoxy groups -OCH3 is 1. The van der Waals surface area contributed by atoms with Crippen molar-refractivity contribution >= 4 is 27.2 Å². The zero-order valence-corrected chi connectivity index (χ0v) is 16.6. The molecule has 1 aromatic rings. The number of aromatic nitrogens is 1. The van der Waals surface area contributed by atoms with Crippen LogP contribution in [0.2, 0.25) is 0 Å². The van der Waals surface area contributed by atoms with Crippen molar-refractivity contribution in [3.05, 3.63) is 40.6 Å². The van der Waals surface area contributed by atoms with Crippen LogP contribution in [-0.4, -0.2) is 25.2 Å². The zero-order chi connectivity index (χ0) is 18.5. The van der Waals surface area contributed by atoms with E-state index in [4.69, 9.17) is 9.72 Å². The summed E-state index contributed by atoms with van der Waals surface area (Å²) < 4.78 is 6.25. The quantitative estimate of drug-likeness (QED) is 0.513. The molecule has 0 unspecified atom stereocenters. The van der Waals surface area contributed by atoms with Crippen molar-refractivity contribution in [1.82, 2.24) is 4.98 Å². The number of anilines is 1. The minimum absolute atomic E-state index is 0.0962. The first-order valence-electron chi connectivity index (χ1n) is 9.33. The molecule has 0 radical (unpaired) electrons. The molecule has 5 heteroatoms. The molecule has 1 aliphatic carbocycles. The van der Waals surface area contributed by atoms with Gasteiger partial charge in [-0.3, -0.25) is 4.79 Å². The van der Waals surface area contributed by atoms with Crippen LogP contribution in [0.4, 0.5) is 5.69 Å². The fourth-order valence-electron chi connectivity index (χ4n) is 3.05. The van der Waals surface area contributed by atoms with Crippen LogP contribution in [0.5, 0.6) is 5.75 Å². The summed E-state index contributed by atoms with van der Waals surface area (Å²) in [6, 6.07) is 9.83. The number of ether oxygens (including phenoxy) is 1. The summed E-state index contributed by atoms with van der Waals surface area (Å²) in [5.74, 6) is 0.346. The van der Waals surface area contributed by atoms with Gasteiger partial charge in [-0.05, 0) is 31.0 Å². The topological polar surface area (TPSA) is 42.4 Å². The number of hydrogen-bond donors (Lipinski definition) is 0. The smallest absolute Gasteiger partial charge is 0.221 e. The molecule has 0 N–H and O–H groups in total. The Morgan fingerprint density at radius 1 is 1.08 bits per heavy atom. The number of hydrogen-bond acceptors (Lipinski definition) is 5. The van der Waals surface area contributed by atoms with E-state index in [1.165, 1.54) is 38.5 Å². The summed E-state index contributed by atoms with van der Waals surface area (Å²) in [6.07, 6.45) is 4.78. The molecule has 4 nitrogen and oxygen atoms in total. The van der Waals surface area contributed by atoms with E-state index < -0.39 is 0 Å². The van der Waals surface area contributed by atoms with Gasteiger partial charge in [-0.25, -0.2) is 4.98 Å². The maximum absolute atomic E-state index is 12.1. The minimum Gasteiger partial charge on any atom is -0.493 e. The third-order valence-electron chi connectivity index (χ3n) is 4.58. The SMILES string of the molecule is CCCCN(CCCC)c1ccc2nc3cc(OC)c(=O)cc-3sc2c1. The van der Waals surface area contributed by atoms with Gasteiger partial charge >= 0.3 is 0 Å². The van der Waals surface area contributed by atoms with Crippen LogP contribution in [0.1, 0.15) is 39.5 Å². The number of unbranched alkanes of at least 4 members (excludes halogenated alkanes) is 2. The van der Waals surface area contributed by atoms with Crippen molar-refractivity contribution in [2.45, 2.75) is 39.5 Å². The second kappa shape index (κ2) is 8.49. The molecule has 0 spiro atoms. The Kier molecular flexibility index (Phi) is 6.09. The maximum Gasteiger partial charge on any atom is 0.221 e. The van der Waals surface area contributed by atoms with E-state index in [0.29, 0.717) is 5.75 Å². The van der Waals surface area contributed by atoms with Crippen LogP contribution in [0.15, 0.2) is 35.1 Å². The van der Waals surface area contributed by atoms with E-state index in [-0.39, 0.29) is 5.43 Å². The van der Waals surface area contributed by atoms with Crippen LogP contribution in [0.3, 0.4) is 0 Å². The van der Waals surface area contributed by atoms with Gasteiger partial charge in [0.15, 0.2) is 5.75 Å². The molecule has 0 aromatic heterocycles. The van der Waals surface area contributed by atoms with Gasteiger partial charge < -0.3 is 9.64 Å². The number of fused-ring (bicyclic) bond motifs is 2. The van der Waals surface area contributed by atoms with Crippen molar-refractivity contribution < 1.29 is 4.74 Å². The first-order chi connectivity index (χ1) is 12.7. The fourth-order valence-corrected chi connectivity index (χ4v) is 4.06. The molecule has 0 atom stereocenters. The summed E-state index contributed by atoms with van der Waals surface area (Å²) in [5.41, 5.74) is 2.91. The van der Waals surface area contributed by atoms with Gasteiger partial charge in [-0.2, -0.15) is 0 Å². The molecular weight excluding hydrogens is 344 g/mol.